The predicted molar refractivity (Wildman–Crippen MR) is 79.7 cm³/mol. The Hall–Kier alpha value is -2.02. The van der Waals surface area contributed by atoms with Crippen LogP contribution in [0.15, 0.2) is 22.7 Å². The van der Waals surface area contributed by atoms with E-state index in [0.29, 0.717) is 11.5 Å². The second-order valence-corrected chi connectivity index (χ2v) is 5.72. The summed E-state index contributed by atoms with van der Waals surface area (Å²) in [6, 6.07) is 3.18. The molecule has 0 aliphatic carbocycles. The van der Waals surface area contributed by atoms with Crippen molar-refractivity contribution in [2.75, 3.05) is 5.32 Å². The molecule has 1 amide bonds. The smallest absolute Gasteiger partial charge is 0.360 e. The van der Waals surface area contributed by atoms with Crippen LogP contribution in [0.1, 0.15) is 47.1 Å². The molecule has 0 bridgehead atoms. The highest BCUT2D eigenvalue weighted by atomic mass is 35.5. The Morgan fingerprint density at radius 1 is 1.35 bits per heavy atom. The molecule has 124 valence electrons. The van der Waals surface area contributed by atoms with Gasteiger partial charge in [0.15, 0.2) is 5.76 Å². The van der Waals surface area contributed by atoms with Crippen molar-refractivity contribution in [3.05, 3.63) is 45.8 Å². The van der Waals surface area contributed by atoms with Crippen LogP contribution in [-0.2, 0) is 6.18 Å². The first-order valence-electron chi connectivity index (χ1n) is 6.75. The molecule has 0 aliphatic rings. The Labute approximate surface area is 135 Å². The van der Waals surface area contributed by atoms with Crippen molar-refractivity contribution in [2.24, 2.45) is 0 Å². The standard InChI is InChI=1S/C15H14ClF3N2O2/c1-7(2)13-12(8(3)21-23-13)14(22)20-9-4-5-11(16)10(6-9)15(17,18)19/h4-7H,1-3H3,(H,20,22). The molecule has 1 heterocycles. The first-order chi connectivity index (χ1) is 10.6. The van der Waals surface area contributed by atoms with Crippen LogP contribution in [0.5, 0.6) is 0 Å². The van der Waals surface area contributed by atoms with Gasteiger partial charge in [-0.3, -0.25) is 4.79 Å². The van der Waals surface area contributed by atoms with Crippen molar-refractivity contribution in [2.45, 2.75) is 32.9 Å². The van der Waals surface area contributed by atoms with E-state index >= 15 is 0 Å². The summed E-state index contributed by atoms with van der Waals surface area (Å²) >= 11 is 5.55. The predicted octanol–water partition coefficient (Wildman–Crippen LogP) is 5.03. The second kappa shape index (κ2) is 6.23. The minimum atomic E-state index is -4.60. The van der Waals surface area contributed by atoms with E-state index in [0.717, 1.165) is 12.1 Å². The summed E-state index contributed by atoms with van der Waals surface area (Å²) in [5, 5.41) is 5.73. The van der Waals surface area contributed by atoms with Gasteiger partial charge >= 0.3 is 6.18 Å². The van der Waals surface area contributed by atoms with Crippen LogP contribution < -0.4 is 5.32 Å². The lowest BCUT2D eigenvalue weighted by Gasteiger charge is -2.12. The first-order valence-corrected chi connectivity index (χ1v) is 7.13. The fraction of sp³-hybridized carbons (Fsp3) is 0.333. The summed E-state index contributed by atoms with van der Waals surface area (Å²) in [6.45, 7) is 5.23. The quantitative estimate of drug-likeness (QED) is 0.847. The molecular weight excluding hydrogens is 333 g/mol. The number of carbonyl (C=O) groups excluding carboxylic acids is 1. The number of halogens is 4. The van der Waals surface area contributed by atoms with Gasteiger partial charge in [-0.2, -0.15) is 13.2 Å². The van der Waals surface area contributed by atoms with E-state index in [1.54, 1.807) is 6.92 Å². The van der Waals surface area contributed by atoms with Crippen LogP contribution in [-0.4, -0.2) is 11.1 Å². The van der Waals surface area contributed by atoms with Gasteiger partial charge in [-0.15, -0.1) is 0 Å². The van der Waals surface area contributed by atoms with Crippen molar-refractivity contribution in [1.29, 1.82) is 0 Å². The molecule has 0 aliphatic heterocycles. The molecule has 1 aromatic heterocycles. The number of anilines is 1. The fourth-order valence-electron chi connectivity index (χ4n) is 2.07. The molecule has 2 rings (SSSR count). The van der Waals surface area contributed by atoms with Crippen LogP contribution in [0.4, 0.5) is 18.9 Å². The van der Waals surface area contributed by atoms with E-state index < -0.39 is 22.7 Å². The number of rotatable bonds is 3. The maximum atomic E-state index is 12.9. The molecule has 0 spiro atoms. The Bertz CT molecular complexity index is 739. The summed E-state index contributed by atoms with van der Waals surface area (Å²) < 4.78 is 43.7. The Balaban J connectivity index is 2.33. The van der Waals surface area contributed by atoms with Crippen LogP contribution in [0, 0.1) is 6.92 Å². The maximum Gasteiger partial charge on any atom is 0.417 e. The minimum absolute atomic E-state index is 0.0120. The number of benzene rings is 1. The highest BCUT2D eigenvalue weighted by molar-refractivity contribution is 6.31. The summed E-state index contributed by atoms with van der Waals surface area (Å²) in [4.78, 5) is 12.3. The number of hydrogen-bond donors (Lipinski definition) is 1. The van der Waals surface area contributed by atoms with Gasteiger partial charge in [-0.25, -0.2) is 0 Å². The van der Waals surface area contributed by atoms with E-state index in [2.05, 4.69) is 10.5 Å². The highest BCUT2D eigenvalue weighted by Gasteiger charge is 2.33. The number of aryl methyl sites for hydroxylation is 1. The molecule has 1 aromatic carbocycles. The lowest BCUT2D eigenvalue weighted by atomic mass is 10.0. The number of nitrogens with zero attached hydrogens (tertiary/aromatic N) is 1. The number of nitrogens with one attached hydrogen (secondary N) is 1. The molecule has 2 aromatic rings. The molecule has 8 heteroatoms. The first kappa shape index (κ1) is 17.3. The van der Waals surface area contributed by atoms with E-state index in [-0.39, 0.29) is 17.2 Å². The summed E-state index contributed by atoms with van der Waals surface area (Å²) in [5.41, 5.74) is -0.426. The number of hydrogen-bond acceptors (Lipinski definition) is 3. The van der Waals surface area contributed by atoms with Gasteiger partial charge in [0.1, 0.15) is 5.56 Å². The lowest BCUT2D eigenvalue weighted by molar-refractivity contribution is -0.137. The van der Waals surface area contributed by atoms with Crippen molar-refractivity contribution in [3.8, 4) is 0 Å². The summed E-state index contributed by atoms with van der Waals surface area (Å²) in [5.74, 6) is -0.291. The van der Waals surface area contributed by atoms with Crippen molar-refractivity contribution in [1.82, 2.24) is 5.16 Å². The topological polar surface area (TPSA) is 55.1 Å². The maximum absolute atomic E-state index is 12.9. The Kier molecular flexibility index (Phi) is 4.70. The van der Waals surface area contributed by atoms with Crippen molar-refractivity contribution < 1.29 is 22.5 Å². The van der Waals surface area contributed by atoms with Crippen LogP contribution in [0.2, 0.25) is 5.02 Å². The molecular formula is C15H14ClF3N2O2. The average Bonchev–Trinajstić information content (AvgIpc) is 2.81. The fourth-order valence-corrected chi connectivity index (χ4v) is 2.30. The van der Waals surface area contributed by atoms with Crippen molar-refractivity contribution in [3.63, 3.8) is 0 Å². The normalized spacial score (nSPS) is 11.8. The van der Waals surface area contributed by atoms with Gasteiger partial charge in [-0.05, 0) is 25.1 Å². The van der Waals surface area contributed by atoms with Gasteiger partial charge in [0, 0.05) is 11.6 Å². The highest BCUT2D eigenvalue weighted by Crippen LogP contribution is 2.36. The molecule has 0 unspecified atom stereocenters. The van der Waals surface area contributed by atoms with Crippen molar-refractivity contribution >= 4 is 23.2 Å². The van der Waals surface area contributed by atoms with Gasteiger partial charge in [0.25, 0.3) is 5.91 Å². The van der Waals surface area contributed by atoms with Crippen LogP contribution >= 0.6 is 11.6 Å². The zero-order chi connectivity index (χ0) is 17.4. The third-order valence-electron chi connectivity index (χ3n) is 3.17. The molecule has 4 nitrogen and oxygen atoms in total. The monoisotopic (exact) mass is 346 g/mol. The van der Waals surface area contributed by atoms with E-state index in [1.807, 2.05) is 13.8 Å². The Morgan fingerprint density at radius 3 is 2.57 bits per heavy atom. The third kappa shape index (κ3) is 3.67. The zero-order valence-electron chi connectivity index (χ0n) is 12.6. The minimum Gasteiger partial charge on any atom is -0.360 e. The average molecular weight is 347 g/mol. The van der Waals surface area contributed by atoms with Crippen LogP contribution in [0.3, 0.4) is 0 Å². The summed E-state index contributed by atoms with van der Waals surface area (Å²) in [6.07, 6.45) is -4.60. The van der Waals surface area contributed by atoms with Gasteiger partial charge in [-0.1, -0.05) is 30.6 Å². The molecule has 0 saturated heterocycles. The van der Waals surface area contributed by atoms with Gasteiger partial charge < -0.3 is 9.84 Å². The molecule has 0 atom stereocenters. The summed E-state index contributed by atoms with van der Waals surface area (Å²) in [7, 11) is 0. The SMILES string of the molecule is Cc1noc(C(C)C)c1C(=O)Nc1ccc(Cl)c(C(F)(F)F)c1. The number of aromatic nitrogens is 1. The van der Waals surface area contributed by atoms with E-state index in [4.69, 9.17) is 16.1 Å². The number of amides is 1. The molecule has 0 fully saturated rings. The van der Waals surface area contributed by atoms with E-state index in [9.17, 15) is 18.0 Å². The van der Waals surface area contributed by atoms with Crippen LogP contribution in [0.25, 0.3) is 0 Å². The zero-order valence-corrected chi connectivity index (χ0v) is 13.3. The van der Waals surface area contributed by atoms with Gasteiger partial charge in [0.05, 0.1) is 16.3 Å². The molecule has 0 radical (unpaired) electrons. The molecule has 1 N–H and O–H groups in total. The molecule has 23 heavy (non-hydrogen) atoms. The molecule has 0 saturated carbocycles. The van der Waals surface area contributed by atoms with E-state index in [1.165, 1.54) is 6.07 Å². The van der Waals surface area contributed by atoms with Gasteiger partial charge in [0.2, 0.25) is 0 Å². The number of carbonyl (C=O) groups is 1. The lowest BCUT2D eigenvalue weighted by Crippen LogP contribution is -2.15. The number of alkyl halides is 3. The second-order valence-electron chi connectivity index (χ2n) is 5.31. The Morgan fingerprint density at radius 2 is 2.00 bits per heavy atom. The largest absolute Gasteiger partial charge is 0.417 e. The third-order valence-corrected chi connectivity index (χ3v) is 3.50.